The van der Waals surface area contributed by atoms with Crippen LogP contribution in [0.1, 0.15) is 30.9 Å². The highest BCUT2D eigenvalue weighted by atomic mass is 127. The minimum atomic E-state index is -0.0132. The van der Waals surface area contributed by atoms with E-state index < -0.39 is 0 Å². The highest BCUT2D eigenvalue weighted by molar-refractivity contribution is 14.1. The molecule has 0 amide bonds. The highest BCUT2D eigenvalue weighted by Gasteiger charge is 2.26. The fourth-order valence-corrected chi connectivity index (χ4v) is 3.60. The molecule has 0 aromatic heterocycles. The molecule has 0 aliphatic heterocycles. The van der Waals surface area contributed by atoms with Crippen molar-refractivity contribution >= 4 is 57.6 Å². The van der Waals surface area contributed by atoms with Gasteiger partial charge in [0.1, 0.15) is 5.75 Å². The normalized spacial score (nSPS) is 16.7. The average Bonchev–Trinajstić information content (AvgIpc) is 2.94. The molecular weight excluding hydrogens is 451 g/mol. The van der Waals surface area contributed by atoms with Crippen molar-refractivity contribution in [1.29, 1.82) is 0 Å². The van der Waals surface area contributed by atoms with Crippen molar-refractivity contribution in [2.75, 3.05) is 0 Å². The Hall–Kier alpha value is 0.730. The van der Waals surface area contributed by atoms with Gasteiger partial charge in [0, 0.05) is 15.2 Å². The lowest BCUT2D eigenvalue weighted by Gasteiger charge is -2.14. The molecule has 0 bridgehead atoms. The molecule has 90 valence electrons. The molecule has 3 N–H and O–H groups in total. The summed E-state index contributed by atoms with van der Waals surface area (Å²) in [5.74, 6) is 1.15. The van der Waals surface area contributed by atoms with Gasteiger partial charge in [-0.25, -0.2) is 0 Å². The minimum Gasteiger partial charge on any atom is -0.506 e. The van der Waals surface area contributed by atoms with Crippen LogP contribution >= 0.6 is 57.6 Å². The summed E-state index contributed by atoms with van der Waals surface area (Å²) in [5.41, 5.74) is 7.01. The van der Waals surface area contributed by atoms with Crippen molar-refractivity contribution in [3.8, 4) is 5.75 Å². The van der Waals surface area contributed by atoms with E-state index in [4.69, 9.17) is 5.73 Å². The molecular formula is C11H14ClI2NO. The van der Waals surface area contributed by atoms with Gasteiger partial charge >= 0.3 is 0 Å². The Morgan fingerprint density at radius 2 is 2.00 bits per heavy atom. The maximum atomic E-state index is 9.93. The third kappa shape index (κ3) is 3.61. The zero-order chi connectivity index (χ0) is 11.0. The predicted molar refractivity (Wildman–Crippen MR) is 85.1 cm³/mol. The first-order valence-corrected chi connectivity index (χ1v) is 7.17. The molecule has 1 aliphatic rings. The maximum absolute atomic E-state index is 9.93. The van der Waals surface area contributed by atoms with Crippen molar-refractivity contribution in [2.24, 2.45) is 11.7 Å². The van der Waals surface area contributed by atoms with E-state index in [1.165, 1.54) is 12.8 Å². The van der Waals surface area contributed by atoms with Crippen molar-refractivity contribution in [2.45, 2.75) is 25.3 Å². The summed E-state index contributed by atoms with van der Waals surface area (Å²) in [5, 5.41) is 9.93. The molecule has 1 aromatic carbocycles. The van der Waals surface area contributed by atoms with Crippen LogP contribution in [0.25, 0.3) is 0 Å². The topological polar surface area (TPSA) is 46.2 Å². The Balaban J connectivity index is 0.00000128. The second-order valence-electron chi connectivity index (χ2n) is 4.11. The fourth-order valence-electron chi connectivity index (χ4n) is 1.71. The molecule has 1 fully saturated rings. The number of benzene rings is 1. The molecule has 1 saturated carbocycles. The lowest BCUT2D eigenvalue weighted by molar-refractivity contribution is 0.451. The Labute approximate surface area is 129 Å². The molecule has 2 rings (SSSR count). The van der Waals surface area contributed by atoms with Gasteiger partial charge in [0.2, 0.25) is 0 Å². The number of aromatic hydroxyl groups is 1. The Bertz CT molecular complexity index is 382. The molecule has 0 radical (unpaired) electrons. The van der Waals surface area contributed by atoms with Gasteiger partial charge in [0.05, 0.1) is 3.57 Å². The molecule has 5 heteroatoms. The number of phenols is 1. The van der Waals surface area contributed by atoms with Crippen molar-refractivity contribution in [3.05, 3.63) is 24.8 Å². The lowest BCUT2D eigenvalue weighted by atomic mass is 10.0. The van der Waals surface area contributed by atoms with Crippen LogP contribution in [-0.2, 0) is 0 Å². The summed E-state index contributed by atoms with van der Waals surface area (Å²) in [7, 11) is 0. The second kappa shape index (κ2) is 6.06. The first kappa shape index (κ1) is 14.8. The second-order valence-corrected chi connectivity index (χ2v) is 6.52. The van der Waals surface area contributed by atoms with Crippen molar-refractivity contribution in [3.63, 3.8) is 0 Å². The summed E-state index contributed by atoms with van der Waals surface area (Å²) in [6, 6.07) is 3.94. The number of hydrogen-bond donors (Lipinski definition) is 2. The summed E-state index contributed by atoms with van der Waals surface area (Å²) in [6.45, 7) is 0. The van der Waals surface area contributed by atoms with Crippen molar-refractivity contribution in [1.82, 2.24) is 0 Å². The number of nitrogens with two attached hydrogens (primary N) is 1. The van der Waals surface area contributed by atoms with Crippen LogP contribution in [0.15, 0.2) is 12.1 Å². The smallest absolute Gasteiger partial charge is 0.133 e. The Kier molecular flexibility index (Phi) is 5.60. The van der Waals surface area contributed by atoms with Gasteiger partial charge in [-0.2, -0.15) is 0 Å². The third-order valence-electron chi connectivity index (χ3n) is 2.74. The zero-order valence-electron chi connectivity index (χ0n) is 8.62. The van der Waals surface area contributed by atoms with Crippen LogP contribution in [0.2, 0.25) is 0 Å². The molecule has 0 spiro atoms. The van der Waals surface area contributed by atoms with E-state index in [1.807, 2.05) is 12.1 Å². The molecule has 2 nitrogen and oxygen atoms in total. The fraction of sp³-hybridized carbons (Fsp3) is 0.455. The van der Waals surface area contributed by atoms with Gasteiger partial charge in [-0.15, -0.1) is 12.4 Å². The van der Waals surface area contributed by atoms with E-state index in [0.717, 1.165) is 25.0 Å². The number of rotatable bonds is 3. The summed E-state index contributed by atoms with van der Waals surface area (Å²) < 4.78 is 2.02. The first-order valence-electron chi connectivity index (χ1n) is 5.01. The monoisotopic (exact) mass is 465 g/mol. The van der Waals surface area contributed by atoms with Gasteiger partial charge in [0.15, 0.2) is 0 Å². The summed E-state index contributed by atoms with van der Waals surface area (Å²) >= 11 is 4.41. The van der Waals surface area contributed by atoms with Crippen molar-refractivity contribution < 1.29 is 5.11 Å². The largest absolute Gasteiger partial charge is 0.506 e. The summed E-state index contributed by atoms with van der Waals surface area (Å²) in [4.78, 5) is 0. The maximum Gasteiger partial charge on any atom is 0.133 e. The van der Waals surface area contributed by atoms with Gasteiger partial charge < -0.3 is 10.8 Å². The van der Waals surface area contributed by atoms with E-state index in [2.05, 4.69) is 45.2 Å². The Morgan fingerprint density at radius 1 is 1.38 bits per heavy atom. The zero-order valence-corrected chi connectivity index (χ0v) is 13.8. The van der Waals surface area contributed by atoms with Gasteiger partial charge in [-0.05, 0) is 69.7 Å². The number of halogens is 3. The summed E-state index contributed by atoms with van der Waals surface area (Å²) in [6.07, 6.45) is 3.61. The van der Waals surface area contributed by atoms with Crippen LogP contribution in [-0.4, -0.2) is 5.11 Å². The molecule has 0 unspecified atom stereocenters. The van der Waals surface area contributed by atoms with Crippen LogP contribution < -0.4 is 5.73 Å². The van der Waals surface area contributed by atoms with Crippen LogP contribution in [0, 0.1) is 13.1 Å². The molecule has 1 aromatic rings. The first-order chi connectivity index (χ1) is 7.08. The van der Waals surface area contributed by atoms with Crippen LogP contribution in [0.4, 0.5) is 0 Å². The van der Waals surface area contributed by atoms with E-state index in [-0.39, 0.29) is 18.4 Å². The third-order valence-corrected chi connectivity index (χ3v) is 4.19. The number of phenolic OH excluding ortho intramolecular Hbond substituents is 1. The standard InChI is InChI=1S/C11H13I2NO.ClH/c12-7-4-8(11(15)9(13)5-7)10(14)3-6-1-2-6;/h4-6,10,15H,1-3,14H2;1H/t10-;/m0./s1. The quantitative estimate of drug-likeness (QED) is 0.667. The molecule has 16 heavy (non-hydrogen) atoms. The molecule has 1 atom stereocenters. The predicted octanol–water partition coefficient (Wildman–Crippen LogP) is 3.82. The highest BCUT2D eigenvalue weighted by Crippen LogP contribution is 2.39. The van der Waals surface area contributed by atoms with Gasteiger partial charge in [-0.3, -0.25) is 0 Å². The minimum absolute atomic E-state index is 0. The van der Waals surface area contributed by atoms with E-state index in [9.17, 15) is 5.11 Å². The van der Waals surface area contributed by atoms with Crippen LogP contribution in [0.5, 0.6) is 5.75 Å². The van der Waals surface area contributed by atoms with E-state index in [1.54, 1.807) is 0 Å². The Morgan fingerprint density at radius 3 is 2.56 bits per heavy atom. The van der Waals surface area contributed by atoms with Gasteiger partial charge in [-0.1, -0.05) is 12.8 Å². The van der Waals surface area contributed by atoms with Crippen LogP contribution in [0.3, 0.4) is 0 Å². The van der Waals surface area contributed by atoms with E-state index in [0.29, 0.717) is 5.75 Å². The number of hydrogen-bond acceptors (Lipinski definition) is 2. The average molecular weight is 466 g/mol. The molecule has 0 heterocycles. The molecule has 1 aliphatic carbocycles. The van der Waals surface area contributed by atoms with E-state index >= 15 is 0 Å². The lowest BCUT2D eigenvalue weighted by Crippen LogP contribution is -2.11. The molecule has 0 saturated heterocycles. The van der Waals surface area contributed by atoms with Gasteiger partial charge in [0.25, 0.3) is 0 Å². The SMILES string of the molecule is Cl.N[C@@H](CC1CC1)c1cc(I)cc(I)c1O.